The van der Waals surface area contributed by atoms with Crippen LogP contribution in [0.1, 0.15) is 46.4 Å². The molecule has 0 bridgehead atoms. The van der Waals surface area contributed by atoms with E-state index in [0.29, 0.717) is 17.7 Å². The number of nitrogen functional groups attached to an aromatic ring is 1. The van der Waals surface area contributed by atoms with E-state index in [9.17, 15) is 0 Å². The average Bonchev–Trinajstić information content (AvgIpc) is 2.76. The monoisotopic (exact) mass is 259 g/mol. The van der Waals surface area contributed by atoms with Gasteiger partial charge < -0.3 is 5.73 Å². The highest BCUT2D eigenvalue weighted by Crippen LogP contribution is 2.24. The molecule has 2 heterocycles. The highest BCUT2D eigenvalue weighted by atomic mass is 15.3. The molecule has 2 rings (SSSR count). The lowest BCUT2D eigenvalue weighted by molar-refractivity contribution is 0.532. The van der Waals surface area contributed by atoms with E-state index < -0.39 is 0 Å². The summed E-state index contributed by atoms with van der Waals surface area (Å²) in [5.74, 6) is 1.13. The number of aromatic nitrogens is 4. The Labute approximate surface area is 113 Å². The maximum atomic E-state index is 5.88. The van der Waals surface area contributed by atoms with Crippen LogP contribution in [0.3, 0.4) is 0 Å². The predicted octanol–water partition coefficient (Wildman–Crippen LogP) is 2.80. The first-order valence-corrected chi connectivity index (χ1v) is 6.47. The first-order valence-electron chi connectivity index (χ1n) is 6.47. The molecule has 5 nitrogen and oxygen atoms in total. The summed E-state index contributed by atoms with van der Waals surface area (Å²) in [5, 5.41) is 4.31. The van der Waals surface area contributed by atoms with Gasteiger partial charge in [-0.25, -0.2) is 9.97 Å². The lowest BCUT2D eigenvalue weighted by Crippen LogP contribution is -2.15. The Morgan fingerprint density at radius 2 is 1.89 bits per heavy atom. The number of hydrogen-bond donors (Lipinski definition) is 1. The molecule has 102 valence electrons. The number of nitrogens with two attached hydrogens (primary N) is 1. The molecule has 0 unspecified atom stereocenters. The molecule has 0 saturated carbocycles. The summed E-state index contributed by atoms with van der Waals surface area (Å²) >= 11 is 0. The van der Waals surface area contributed by atoms with E-state index >= 15 is 0 Å². The van der Waals surface area contributed by atoms with E-state index in [-0.39, 0.29) is 5.41 Å². The van der Waals surface area contributed by atoms with Crippen LogP contribution in [0.2, 0.25) is 0 Å². The fraction of sp³-hybridized carbons (Fsp3) is 0.500. The van der Waals surface area contributed by atoms with Crippen LogP contribution in [0.4, 0.5) is 5.82 Å². The standard InChI is InChI=1S/C14H21N5/c1-9(2)19-8-10(7-16-19)13-17-11(14(3,4)5)6-12(15)18-13/h6-9H,1-5H3,(H2,15,17,18). The van der Waals surface area contributed by atoms with Gasteiger partial charge in [-0.3, -0.25) is 4.68 Å². The molecule has 0 fully saturated rings. The van der Waals surface area contributed by atoms with E-state index in [2.05, 4.69) is 49.7 Å². The van der Waals surface area contributed by atoms with Crippen LogP contribution >= 0.6 is 0 Å². The summed E-state index contributed by atoms with van der Waals surface area (Å²) in [6.07, 6.45) is 3.73. The average molecular weight is 259 g/mol. The molecule has 0 radical (unpaired) electrons. The van der Waals surface area contributed by atoms with Crippen LogP contribution in [0.5, 0.6) is 0 Å². The van der Waals surface area contributed by atoms with Gasteiger partial charge in [0.15, 0.2) is 5.82 Å². The molecule has 19 heavy (non-hydrogen) atoms. The van der Waals surface area contributed by atoms with Crippen molar-refractivity contribution in [2.45, 2.75) is 46.1 Å². The minimum absolute atomic E-state index is 0.0557. The Kier molecular flexibility index (Phi) is 3.30. The molecule has 0 aliphatic heterocycles. The second-order valence-corrected chi connectivity index (χ2v) is 6.05. The smallest absolute Gasteiger partial charge is 0.164 e. The van der Waals surface area contributed by atoms with Gasteiger partial charge in [0.2, 0.25) is 0 Å². The normalized spacial score (nSPS) is 12.1. The van der Waals surface area contributed by atoms with E-state index in [1.165, 1.54) is 0 Å². The maximum absolute atomic E-state index is 5.88. The Morgan fingerprint density at radius 3 is 2.42 bits per heavy atom. The lowest BCUT2D eigenvalue weighted by Gasteiger charge is -2.18. The SMILES string of the molecule is CC(C)n1cc(-c2nc(N)cc(C(C)(C)C)n2)cn1. The molecule has 0 spiro atoms. The fourth-order valence-electron chi connectivity index (χ4n) is 1.72. The topological polar surface area (TPSA) is 69.6 Å². The van der Waals surface area contributed by atoms with E-state index in [0.717, 1.165) is 11.3 Å². The van der Waals surface area contributed by atoms with Crippen molar-refractivity contribution in [1.29, 1.82) is 0 Å². The molecule has 0 aliphatic rings. The first kappa shape index (κ1) is 13.5. The van der Waals surface area contributed by atoms with Gasteiger partial charge in [-0.1, -0.05) is 20.8 Å². The van der Waals surface area contributed by atoms with Gasteiger partial charge in [0, 0.05) is 23.7 Å². The molecular formula is C14H21N5. The third kappa shape index (κ3) is 2.92. The van der Waals surface area contributed by atoms with Gasteiger partial charge in [-0.2, -0.15) is 5.10 Å². The summed E-state index contributed by atoms with van der Waals surface area (Å²) in [7, 11) is 0. The van der Waals surface area contributed by atoms with E-state index in [4.69, 9.17) is 5.73 Å². The van der Waals surface area contributed by atoms with Crippen molar-refractivity contribution in [1.82, 2.24) is 19.7 Å². The quantitative estimate of drug-likeness (QED) is 0.900. The van der Waals surface area contributed by atoms with Crippen LogP contribution < -0.4 is 5.73 Å². The minimum atomic E-state index is -0.0557. The maximum Gasteiger partial charge on any atom is 0.164 e. The predicted molar refractivity (Wildman–Crippen MR) is 76.8 cm³/mol. The summed E-state index contributed by atoms with van der Waals surface area (Å²) in [6.45, 7) is 10.5. The summed E-state index contributed by atoms with van der Waals surface area (Å²) in [4.78, 5) is 8.91. The molecule has 5 heteroatoms. The molecule has 0 saturated heterocycles. The number of rotatable bonds is 2. The van der Waals surface area contributed by atoms with Gasteiger partial charge in [-0.15, -0.1) is 0 Å². The van der Waals surface area contributed by atoms with Crippen LogP contribution in [0.25, 0.3) is 11.4 Å². The van der Waals surface area contributed by atoms with Crippen LogP contribution in [0.15, 0.2) is 18.5 Å². The molecule has 0 atom stereocenters. The van der Waals surface area contributed by atoms with Gasteiger partial charge in [0.05, 0.1) is 17.5 Å². The van der Waals surface area contributed by atoms with Crippen molar-refractivity contribution in [3.05, 3.63) is 24.2 Å². The van der Waals surface area contributed by atoms with Crippen molar-refractivity contribution in [3.8, 4) is 11.4 Å². The van der Waals surface area contributed by atoms with Crippen molar-refractivity contribution in [2.24, 2.45) is 0 Å². The zero-order valence-corrected chi connectivity index (χ0v) is 12.2. The molecule has 0 aromatic carbocycles. The Bertz CT molecular complexity index is 578. The van der Waals surface area contributed by atoms with Crippen LogP contribution in [-0.4, -0.2) is 19.7 Å². The highest BCUT2D eigenvalue weighted by molar-refractivity contribution is 5.55. The third-order valence-electron chi connectivity index (χ3n) is 2.90. The minimum Gasteiger partial charge on any atom is -0.384 e. The molecule has 2 N–H and O–H groups in total. The summed E-state index contributed by atoms with van der Waals surface area (Å²) < 4.78 is 1.89. The Hall–Kier alpha value is -1.91. The van der Waals surface area contributed by atoms with Crippen molar-refractivity contribution in [2.75, 3.05) is 5.73 Å². The summed E-state index contributed by atoms with van der Waals surface area (Å²) in [5.41, 5.74) is 7.66. The number of nitrogens with zero attached hydrogens (tertiary/aromatic N) is 4. The largest absolute Gasteiger partial charge is 0.384 e. The van der Waals surface area contributed by atoms with Crippen molar-refractivity contribution >= 4 is 5.82 Å². The third-order valence-corrected chi connectivity index (χ3v) is 2.90. The van der Waals surface area contributed by atoms with E-state index in [1.54, 1.807) is 6.20 Å². The molecule has 2 aromatic rings. The van der Waals surface area contributed by atoms with Gasteiger partial charge in [0.25, 0.3) is 0 Å². The second-order valence-electron chi connectivity index (χ2n) is 6.05. The van der Waals surface area contributed by atoms with Crippen LogP contribution in [-0.2, 0) is 5.41 Å². The molecule has 0 amide bonds. The van der Waals surface area contributed by atoms with Crippen LogP contribution in [0, 0.1) is 0 Å². The molecule has 0 aliphatic carbocycles. The molecule has 2 aromatic heterocycles. The zero-order valence-electron chi connectivity index (χ0n) is 12.2. The molecular weight excluding hydrogens is 238 g/mol. The first-order chi connectivity index (χ1) is 8.77. The lowest BCUT2D eigenvalue weighted by atomic mass is 9.92. The Morgan fingerprint density at radius 1 is 1.21 bits per heavy atom. The fourth-order valence-corrected chi connectivity index (χ4v) is 1.72. The zero-order chi connectivity index (χ0) is 14.2. The summed E-state index contributed by atoms with van der Waals surface area (Å²) in [6, 6.07) is 2.15. The van der Waals surface area contributed by atoms with Crippen molar-refractivity contribution in [3.63, 3.8) is 0 Å². The Balaban J connectivity index is 2.47. The van der Waals surface area contributed by atoms with E-state index in [1.807, 2.05) is 16.9 Å². The van der Waals surface area contributed by atoms with Crippen molar-refractivity contribution < 1.29 is 0 Å². The second kappa shape index (κ2) is 4.64. The number of anilines is 1. The van der Waals surface area contributed by atoms with Gasteiger partial charge >= 0.3 is 0 Å². The van der Waals surface area contributed by atoms with Gasteiger partial charge in [0.1, 0.15) is 5.82 Å². The van der Waals surface area contributed by atoms with Gasteiger partial charge in [-0.05, 0) is 13.8 Å². The number of hydrogen-bond acceptors (Lipinski definition) is 4. The highest BCUT2D eigenvalue weighted by Gasteiger charge is 2.18.